The van der Waals surface area contributed by atoms with E-state index in [9.17, 15) is 0 Å². The molecule has 0 spiro atoms. The van der Waals surface area contributed by atoms with Crippen LogP contribution in [0.2, 0.25) is 10.0 Å². The number of nitrogens with zero attached hydrogens (tertiary/aromatic N) is 1. The van der Waals surface area contributed by atoms with Crippen LogP contribution in [0, 0.1) is 5.92 Å². The standard InChI is InChI=1S/C12H18Cl2N4/c1-2-8(5-7-3-4-7)16-11-9(13)6-10(14)12(17-11)18-15/h6-8H,2-5,15H2,1H3,(H2,16,17,18). The van der Waals surface area contributed by atoms with Crippen molar-refractivity contribution in [1.29, 1.82) is 0 Å². The lowest BCUT2D eigenvalue weighted by molar-refractivity contribution is 0.585. The predicted molar refractivity (Wildman–Crippen MR) is 77.1 cm³/mol. The fourth-order valence-electron chi connectivity index (χ4n) is 1.95. The molecule has 1 heterocycles. The summed E-state index contributed by atoms with van der Waals surface area (Å²) >= 11 is 12.1. The van der Waals surface area contributed by atoms with Crippen molar-refractivity contribution in [2.24, 2.45) is 11.8 Å². The molecule has 1 aliphatic rings. The summed E-state index contributed by atoms with van der Waals surface area (Å²) in [5.41, 5.74) is 2.47. The van der Waals surface area contributed by atoms with Crippen molar-refractivity contribution in [2.45, 2.75) is 38.6 Å². The van der Waals surface area contributed by atoms with E-state index >= 15 is 0 Å². The highest BCUT2D eigenvalue weighted by atomic mass is 35.5. The topological polar surface area (TPSA) is 63.0 Å². The van der Waals surface area contributed by atoms with Crippen molar-refractivity contribution in [2.75, 3.05) is 10.7 Å². The molecule has 1 aliphatic carbocycles. The second-order valence-corrected chi connectivity index (χ2v) is 5.54. The highest BCUT2D eigenvalue weighted by Crippen LogP contribution is 2.36. The number of nitrogens with two attached hydrogens (primary N) is 1. The first-order valence-corrected chi connectivity index (χ1v) is 6.98. The van der Waals surface area contributed by atoms with Crippen molar-refractivity contribution in [1.82, 2.24) is 4.98 Å². The number of aromatic nitrogens is 1. The summed E-state index contributed by atoms with van der Waals surface area (Å²) in [6.45, 7) is 2.16. The Labute approximate surface area is 117 Å². The largest absolute Gasteiger partial charge is 0.366 e. The van der Waals surface area contributed by atoms with Gasteiger partial charge in [0.1, 0.15) is 5.82 Å². The summed E-state index contributed by atoms with van der Waals surface area (Å²) in [6.07, 6.45) is 4.90. The Morgan fingerprint density at radius 3 is 2.61 bits per heavy atom. The number of hydrogen-bond acceptors (Lipinski definition) is 4. The first kappa shape index (κ1) is 13.7. The van der Waals surface area contributed by atoms with Crippen LogP contribution in [0.3, 0.4) is 0 Å². The Kier molecular flexibility index (Phi) is 4.54. The van der Waals surface area contributed by atoms with Gasteiger partial charge in [-0.2, -0.15) is 0 Å². The third kappa shape index (κ3) is 3.40. The molecule has 4 N–H and O–H groups in total. The number of nitrogens with one attached hydrogen (secondary N) is 2. The van der Waals surface area contributed by atoms with Gasteiger partial charge in [0.25, 0.3) is 0 Å². The normalized spacial score (nSPS) is 16.4. The second kappa shape index (κ2) is 5.95. The van der Waals surface area contributed by atoms with Gasteiger partial charge in [0.15, 0.2) is 5.82 Å². The van der Waals surface area contributed by atoms with Crippen LogP contribution in [0.5, 0.6) is 0 Å². The molecule has 0 radical (unpaired) electrons. The molecule has 1 atom stereocenters. The Morgan fingerprint density at radius 1 is 1.39 bits per heavy atom. The summed E-state index contributed by atoms with van der Waals surface area (Å²) < 4.78 is 0. The Hall–Kier alpha value is -0.710. The zero-order chi connectivity index (χ0) is 13.1. The molecule has 1 unspecified atom stereocenters. The molecule has 1 aromatic heterocycles. The number of pyridine rings is 1. The van der Waals surface area contributed by atoms with Gasteiger partial charge < -0.3 is 10.7 Å². The number of halogens is 2. The SMILES string of the molecule is CCC(CC1CC1)Nc1nc(NN)c(Cl)cc1Cl. The van der Waals surface area contributed by atoms with E-state index in [-0.39, 0.29) is 0 Å². The van der Waals surface area contributed by atoms with Crippen molar-refractivity contribution in [3.8, 4) is 0 Å². The predicted octanol–water partition coefficient (Wildman–Crippen LogP) is 3.66. The molecule has 0 amide bonds. The molecule has 0 aliphatic heterocycles. The summed E-state index contributed by atoms with van der Waals surface area (Å²) in [7, 11) is 0. The molecule has 18 heavy (non-hydrogen) atoms. The number of anilines is 2. The van der Waals surface area contributed by atoms with Crippen LogP contribution in [0.15, 0.2) is 6.07 Å². The third-order valence-electron chi connectivity index (χ3n) is 3.21. The number of hydrazine groups is 1. The maximum absolute atomic E-state index is 6.13. The van der Waals surface area contributed by atoms with E-state index in [4.69, 9.17) is 29.0 Å². The minimum Gasteiger partial charge on any atom is -0.366 e. The van der Waals surface area contributed by atoms with E-state index in [0.29, 0.717) is 27.7 Å². The smallest absolute Gasteiger partial charge is 0.161 e. The molecule has 0 bridgehead atoms. The van der Waals surface area contributed by atoms with Crippen molar-refractivity contribution < 1.29 is 0 Å². The van der Waals surface area contributed by atoms with E-state index in [1.54, 1.807) is 6.07 Å². The number of hydrogen-bond donors (Lipinski definition) is 3. The molecule has 0 aromatic carbocycles. The van der Waals surface area contributed by atoms with Crippen molar-refractivity contribution in [3.63, 3.8) is 0 Å². The van der Waals surface area contributed by atoms with Gasteiger partial charge in [0.05, 0.1) is 10.0 Å². The van der Waals surface area contributed by atoms with Gasteiger partial charge >= 0.3 is 0 Å². The number of rotatable bonds is 6. The van der Waals surface area contributed by atoms with Gasteiger partial charge in [-0.25, -0.2) is 10.8 Å². The summed E-state index contributed by atoms with van der Waals surface area (Å²) in [5, 5.41) is 4.31. The molecule has 1 aromatic rings. The first-order valence-electron chi connectivity index (χ1n) is 6.23. The van der Waals surface area contributed by atoms with Crippen LogP contribution < -0.4 is 16.6 Å². The lowest BCUT2D eigenvalue weighted by atomic mass is 10.1. The van der Waals surface area contributed by atoms with E-state index in [2.05, 4.69) is 22.7 Å². The van der Waals surface area contributed by atoms with Crippen LogP contribution >= 0.6 is 23.2 Å². The van der Waals surface area contributed by atoms with Gasteiger partial charge in [-0.05, 0) is 24.8 Å². The van der Waals surface area contributed by atoms with E-state index in [0.717, 1.165) is 12.3 Å². The zero-order valence-corrected chi connectivity index (χ0v) is 11.9. The maximum atomic E-state index is 6.13. The molecular weight excluding hydrogens is 271 g/mol. The quantitative estimate of drug-likeness (QED) is 0.552. The highest BCUT2D eigenvalue weighted by molar-refractivity contribution is 6.37. The fourth-order valence-corrected chi connectivity index (χ4v) is 2.41. The van der Waals surface area contributed by atoms with E-state index in [1.165, 1.54) is 19.3 Å². The Bertz CT molecular complexity index is 421. The molecule has 1 fully saturated rings. The minimum atomic E-state index is 0.397. The average Bonchev–Trinajstić information content (AvgIpc) is 3.15. The van der Waals surface area contributed by atoms with E-state index < -0.39 is 0 Å². The van der Waals surface area contributed by atoms with Crippen LogP contribution in [0.25, 0.3) is 0 Å². The molecular formula is C12H18Cl2N4. The number of nitrogen functional groups attached to an aromatic ring is 1. The average molecular weight is 289 g/mol. The van der Waals surface area contributed by atoms with Crippen molar-refractivity contribution in [3.05, 3.63) is 16.1 Å². The molecule has 4 nitrogen and oxygen atoms in total. The summed E-state index contributed by atoms with van der Waals surface area (Å²) in [5.74, 6) is 7.29. The molecule has 100 valence electrons. The van der Waals surface area contributed by atoms with Gasteiger partial charge in [-0.1, -0.05) is 43.0 Å². The summed E-state index contributed by atoms with van der Waals surface area (Å²) in [4.78, 5) is 4.29. The first-order chi connectivity index (χ1) is 8.63. The van der Waals surface area contributed by atoms with Crippen LogP contribution in [0.1, 0.15) is 32.6 Å². The maximum Gasteiger partial charge on any atom is 0.161 e. The molecule has 1 saturated carbocycles. The summed E-state index contributed by atoms with van der Waals surface area (Å²) in [6, 6.07) is 2.05. The lowest BCUT2D eigenvalue weighted by Crippen LogP contribution is -2.21. The minimum absolute atomic E-state index is 0.397. The molecule has 0 saturated heterocycles. The Balaban J connectivity index is 2.10. The van der Waals surface area contributed by atoms with E-state index in [1.807, 2.05) is 0 Å². The monoisotopic (exact) mass is 288 g/mol. The van der Waals surface area contributed by atoms with Gasteiger partial charge in [0.2, 0.25) is 0 Å². The van der Waals surface area contributed by atoms with Crippen LogP contribution in [-0.2, 0) is 0 Å². The zero-order valence-electron chi connectivity index (χ0n) is 10.3. The molecule has 2 rings (SSSR count). The highest BCUT2D eigenvalue weighted by Gasteiger charge is 2.25. The van der Waals surface area contributed by atoms with Crippen LogP contribution in [0.4, 0.5) is 11.6 Å². The second-order valence-electron chi connectivity index (χ2n) is 4.72. The Morgan fingerprint density at radius 2 is 2.06 bits per heavy atom. The third-order valence-corrected chi connectivity index (χ3v) is 3.79. The fraction of sp³-hybridized carbons (Fsp3) is 0.583. The van der Waals surface area contributed by atoms with Gasteiger partial charge in [0, 0.05) is 6.04 Å². The van der Waals surface area contributed by atoms with Gasteiger partial charge in [-0.3, -0.25) is 0 Å². The van der Waals surface area contributed by atoms with Crippen LogP contribution in [-0.4, -0.2) is 11.0 Å². The molecule has 6 heteroatoms. The van der Waals surface area contributed by atoms with Crippen molar-refractivity contribution >= 4 is 34.8 Å². The lowest BCUT2D eigenvalue weighted by Gasteiger charge is -2.19. The van der Waals surface area contributed by atoms with Gasteiger partial charge in [-0.15, -0.1) is 0 Å².